The number of halogens is 2. The highest BCUT2D eigenvalue weighted by atomic mass is 19.1. The molecule has 0 saturated carbocycles. The van der Waals surface area contributed by atoms with Crippen molar-refractivity contribution in [2.45, 2.75) is 52.7 Å². The summed E-state index contributed by atoms with van der Waals surface area (Å²) in [7, 11) is 0. The number of nitrogens with zero attached hydrogens (tertiary/aromatic N) is 2. The number of aliphatic carboxylic acids is 1. The van der Waals surface area contributed by atoms with Gasteiger partial charge in [-0.05, 0) is 41.7 Å². The topological polar surface area (TPSA) is 88.6 Å². The zero-order chi connectivity index (χ0) is 26.6. The van der Waals surface area contributed by atoms with E-state index in [1.807, 2.05) is 55.7 Å². The number of carboxylic acids is 1. The number of carbonyl (C=O) groups excluding carboxylic acids is 1. The Balaban J connectivity index is 2.16. The van der Waals surface area contributed by atoms with Crippen molar-refractivity contribution < 1.29 is 23.5 Å². The molecule has 0 aliphatic heterocycles. The summed E-state index contributed by atoms with van der Waals surface area (Å²) in [6.07, 6.45) is 1.84. The third-order valence-corrected chi connectivity index (χ3v) is 6.18. The zero-order valence-electron chi connectivity index (χ0n) is 21.0. The summed E-state index contributed by atoms with van der Waals surface area (Å²) in [6, 6.07) is 13.2. The molecule has 2 unspecified atom stereocenters. The van der Waals surface area contributed by atoms with Crippen LogP contribution < -0.4 is 5.73 Å². The van der Waals surface area contributed by atoms with E-state index in [1.54, 1.807) is 17.2 Å². The molecule has 1 amide bonds. The van der Waals surface area contributed by atoms with Crippen molar-refractivity contribution in [2.24, 2.45) is 11.1 Å². The Morgan fingerprint density at radius 1 is 1.08 bits per heavy atom. The van der Waals surface area contributed by atoms with E-state index in [-0.39, 0.29) is 24.4 Å². The Morgan fingerprint density at radius 3 is 2.33 bits per heavy atom. The number of nitrogens with two attached hydrogens (primary N) is 1. The summed E-state index contributed by atoms with van der Waals surface area (Å²) in [6.45, 7) is 7.95. The average molecular weight is 498 g/mol. The summed E-state index contributed by atoms with van der Waals surface area (Å²) in [5, 5.41) is 9.24. The Morgan fingerprint density at radius 2 is 1.75 bits per heavy atom. The van der Waals surface area contributed by atoms with Gasteiger partial charge < -0.3 is 20.3 Å². The van der Waals surface area contributed by atoms with Crippen LogP contribution in [0.25, 0.3) is 11.1 Å². The SMILES string of the molecule is CC(=O)N(CCC(N)C(=O)O)C(c1cc(-c2cc(F)ccc2F)cn1Cc1ccccc1)C(C)(C)C. The van der Waals surface area contributed by atoms with E-state index in [0.717, 1.165) is 29.5 Å². The average Bonchev–Trinajstić information content (AvgIpc) is 3.19. The van der Waals surface area contributed by atoms with Gasteiger partial charge in [-0.25, -0.2) is 8.78 Å². The van der Waals surface area contributed by atoms with Gasteiger partial charge in [-0.2, -0.15) is 0 Å². The van der Waals surface area contributed by atoms with Gasteiger partial charge in [0, 0.05) is 43.0 Å². The largest absolute Gasteiger partial charge is 0.480 e. The number of benzene rings is 2. The molecule has 6 nitrogen and oxygen atoms in total. The van der Waals surface area contributed by atoms with Crippen molar-refractivity contribution in [3.63, 3.8) is 0 Å². The molecular weight excluding hydrogens is 464 g/mol. The highest BCUT2D eigenvalue weighted by Crippen LogP contribution is 2.41. The third-order valence-electron chi connectivity index (χ3n) is 6.18. The molecule has 0 fully saturated rings. The van der Waals surface area contributed by atoms with Crippen LogP contribution in [0.3, 0.4) is 0 Å². The van der Waals surface area contributed by atoms with Crippen LogP contribution in [0.2, 0.25) is 0 Å². The first-order valence-corrected chi connectivity index (χ1v) is 11.8. The number of hydrogen-bond donors (Lipinski definition) is 2. The summed E-state index contributed by atoms with van der Waals surface area (Å²) < 4.78 is 30.7. The van der Waals surface area contributed by atoms with Crippen molar-refractivity contribution in [2.75, 3.05) is 6.54 Å². The van der Waals surface area contributed by atoms with Crippen molar-refractivity contribution >= 4 is 11.9 Å². The summed E-state index contributed by atoms with van der Waals surface area (Å²) in [5.41, 5.74) is 7.58. The second-order valence-electron chi connectivity index (χ2n) is 10.1. The lowest BCUT2D eigenvalue weighted by atomic mass is 9.82. The van der Waals surface area contributed by atoms with Crippen LogP contribution in [0.5, 0.6) is 0 Å². The van der Waals surface area contributed by atoms with E-state index in [1.165, 1.54) is 6.92 Å². The fourth-order valence-electron chi connectivity index (χ4n) is 4.48. The van der Waals surface area contributed by atoms with Crippen LogP contribution in [0.1, 0.15) is 51.4 Å². The molecule has 3 rings (SSSR count). The molecule has 0 bridgehead atoms. The Hall–Kier alpha value is -3.52. The fourth-order valence-corrected chi connectivity index (χ4v) is 4.48. The van der Waals surface area contributed by atoms with Gasteiger partial charge in [0.15, 0.2) is 0 Å². The second kappa shape index (κ2) is 11.0. The van der Waals surface area contributed by atoms with Crippen LogP contribution in [0, 0.1) is 17.0 Å². The van der Waals surface area contributed by atoms with Crippen molar-refractivity contribution in [3.8, 4) is 11.1 Å². The predicted octanol–water partition coefficient (Wildman–Crippen LogP) is 5.22. The fraction of sp³-hybridized carbons (Fsp3) is 0.357. The van der Waals surface area contributed by atoms with Crippen LogP contribution in [0.4, 0.5) is 8.78 Å². The van der Waals surface area contributed by atoms with Crippen molar-refractivity contribution in [1.82, 2.24) is 9.47 Å². The first kappa shape index (κ1) is 27.1. The summed E-state index contributed by atoms with van der Waals surface area (Å²) in [4.78, 5) is 25.8. The van der Waals surface area contributed by atoms with Gasteiger partial charge in [-0.1, -0.05) is 51.1 Å². The lowest BCUT2D eigenvalue weighted by Crippen LogP contribution is -2.44. The number of rotatable bonds is 9. The van der Waals surface area contributed by atoms with Crippen molar-refractivity contribution in [3.05, 3.63) is 83.7 Å². The quantitative estimate of drug-likeness (QED) is 0.424. The Bertz CT molecular complexity index is 1220. The van der Waals surface area contributed by atoms with E-state index in [0.29, 0.717) is 12.1 Å². The van der Waals surface area contributed by atoms with E-state index in [9.17, 15) is 23.5 Å². The van der Waals surface area contributed by atoms with Crippen LogP contribution >= 0.6 is 0 Å². The molecule has 3 aromatic rings. The second-order valence-corrected chi connectivity index (χ2v) is 10.1. The minimum Gasteiger partial charge on any atom is -0.480 e. The first-order chi connectivity index (χ1) is 16.9. The molecular formula is C28H33F2N3O3. The normalized spacial score (nSPS) is 13.3. The molecule has 0 spiro atoms. The standard InChI is InChI=1S/C28H33F2N3O3/c1-18(34)33(13-12-24(31)27(35)36)26(28(2,3)4)25-14-20(22-15-21(29)10-11-23(22)30)17-32(25)16-19-8-6-5-7-9-19/h5-11,14-15,17,24,26H,12-13,16,31H2,1-4H3,(H,35,36). The molecule has 0 aliphatic carbocycles. The molecule has 3 N–H and O–H groups in total. The maximum Gasteiger partial charge on any atom is 0.320 e. The molecule has 8 heteroatoms. The highest BCUT2D eigenvalue weighted by molar-refractivity contribution is 5.75. The van der Waals surface area contributed by atoms with Crippen LogP contribution in [-0.2, 0) is 16.1 Å². The summed E-state index contributed by atoms with van der Waals surface area (Å²) in [5.74, 6) is -2.48. The van der Waals surface area contributed by atoms with E-state index < -0.39 is 35.1 Å². The van der Waals surface area contributed by atoms with Gasteiger partial charge in [-0.3, -0.25) is 9.59 Å². The van der Waals surface area contributed by atoms with Gasteiger partial charge in [0.25, 0.3) is 0 Å². The van der Waals surface area contributed by atoms with Crippen LogP contribution in [-0.4, -0.2) is 39.0 Å². The lowest BCUT2D eigenvalue weighted by Gasteiger charge is -2.40. The number of carboxylic acid groups (broad SMARTS) is 1. The minimum atomic E-state index is -1.14. The van der Waals surface area contributed by atoms with Crippen LogP contribution in [0.15, 0.2) is 60.8 Å². The number of aromatic nitrogens is 1. The minimum absolute atomic E-state index is 0.0757. The van der Waals surface area contributed by atoms with Gasteiger partial charge in [0.05, 0.1) is 6.04 Å². The molecule has 1 heterocycles. The molecule has 0 aliphatic rings. The van der Waals surface area contributed by atoms with E-state index in [4.69, 9.17) is 5.73 Å². The van der Waals surface area contributed by atoms with Gasteiger partial charge in [-0.15, -0.1) is 0 Å². The number of carbonyl (C=O) groups is 2. The first-order valence-electron chi connectivity index (χ1n) is 11.8. The van der Waals surface area contributed by atoms with Gasteiger partial charge in [0.2, 0.25) is 5.91 Å². The maximum atomic E-state index is 14.7. The number of amides is 1. The number of hydrogen-bond acceptors (Lipinski definition) is 3. The molecule has 0 radical (unpaired) electrons. The Labute approximate surface area is 210 Å². The van der Waals surface area contributed by atoms with Gasteiger partial charge >= 0.3 is 5.97 Å². The molecule has 0 saturated heterocycles. The third kappa shape index (κ3) is 6.37. The molecule has 1 aromatic heterocycles. The van der Waals surface area contributed by atoms with Crippen molar-refractivity contribution in [1.29, 1.82) is 0 Å². The highest BCUT2D eigenvalue weighted by Gasteiger charge is 2.36. The predicted molar refractivity (Wildman–Crippen MR) is 135 cm³/mol. The zero-order valence-corrected chi connectivity index (χ0v) is 21.0. The monoisotopic (exact) mass is 497 g/mol. The van der Waals surface area contributed by atoms with E-state index >= 15 is 0 Å². The smallest absolute Gasteiger partial charge is 0.320 e. The molecule has 36 heavy (non-hydrogen) atoms. The van der Waals surface area contributed by atoms with Gasteiger partial charge in [0.1, 0.15) is 17.7 Å². The van der Waals surface area contributed by atoms with E-state index in [2.05, 4.69) is 0 Å². The molecule has 192 valence electrons. The lowest BCUT2D eigenvalue weighted by molar-refractivity contribution is -0.140. The summed E-state index contributed by atoms with van der Waals surface area (Å²) >= 11 is 0. The Kier molecular flexibility index (Phi) is 8.30. The molecule has 2 aromatic carbocycles. The molecule has 2 atom stereocenters. The maximum absolute atomic E-state index is 14.7.